The van der Waals surface area contributed by atoms with Crippen LogP contribution in [-0.4, -0.2) is 126 Å². The Bertz CT molecular complexity index is 1960. The number of hydrogen-bond acceptors (Lipinski definition) is 8. The Labute approximate surface area is 327 Å². The molecule has 0 radical (unpaired) electrons. The number of halogens is 1. The van der Waals surface area contributed by atoms with Crippen LogP contribution in [0.4, 0.5) is 4.39 Å². The van der Waals surface area contributed by atoms with Crippen molar-refractivity contribution in [1.29, 1.82) is 0 Å². The average Bonchev–Trinajstić information content (AvgIpc) is 3.22. The number of hydrogen-bond donors (Lipinski definition) is 2. The Morgan fingerprint density at radius 2 is 1.46 bits per heavy atom. The summed E-state index contributed by atoms with van der Waals surface area (Å²) in [4.78, 5) is 60.3. The number of carbonyl (C=O) groups excluding carboxylic acids is 3. The molecule has 56 heavy (non-hydrogen) atoms. The lowest BCUT2D eigenvalue weighted by molar-refractivity contribution is -0.195. The number of likely N-dealkylation sites (tertiary alicyclic amines) is 2. The largest absolute Gasteiger partial charge is 0.380 e. The molecule has 5 aliphatic rings. The Morgan fingerprint density at radius 1 is 0.821 bits per heavy atom. The number of fused-ring (bicyclic) bond motifs is 1. The van der Waals surface area contributed by atoms with E-state index < -0.39 is 11.7 Å². The molecule has 3 N–H and O–H groups in total. The van der Waals surface area contributed by atoms with E-state index >= 15 is 4.39 Å². The van der Waals surface area contributed by atoms with Gasteiger partial charge in [-0.05, 0) is 93.1 Å². The van der Waals surface area contributed by atoms with Crippen LogP contribution in [0.25, 0.3) is 10.8 Å². The predicted octanol–water partition coefficient (Wildman–Crippen LogP) is 3.81. The van der Waals surface area contributed by atoms with E-state index in [1.807, 2.05) is 21.9 Å². The smallest absolute Gasteiger partial charge is 0.272 e. The van der Waals surface area contributed by atoms with E-state index in [1.54, 1.807) is 29.2 Å². The van der Waals surface area contributed by atoms with Crippen LogP contribution in [0.15, 0.2) is 47.3 Å². The normalized spacial score (nSPS) is 22.2. The van der Waals surface area contributed by atoms with Crippen LogP contribution in [-0.2, 0) is 20.7 Å². The van der Waals surface area contributed by atoms with Crippen molar-refractivity contribution in [3.8, 4) is 0 Å². The number of aromatic nitrogens is 2. The lowest BCUT2D eigenvalue weighted by Crippen LogP contribution is -2.59. The summed E-state index contributed by atoms with van der Waals surface area (Å²) in [6.45, 7) is 6.72. The third-order valence-electron chi connectivity index (χ3n) is 13.9. The van der Waals surface area contributed by atoms with Crippen LogP contribution in [0.5, 0.6) is 0 Å². The van der Waals surface area contributed by atoms with Crippen LogP contribution in [0.1, 0.15) is 79.4 Å². The molecule has 0 bridgehead atoms. The van der Waals surface area contributed by atoms with Gasteiger partial charge < -0.3 is 25.2 Å². The van der Waals surface area contributed by atoms with Crippen molar-refractivity contribution in [2.75, 3.05) is 72.1 Å². The van der Waals surface area contributed by atoms with E-state index in [0.29, 0.717) is 78.9 Å². The molecule has 4 saturated heterocycles. The third-order valence-corrected chi connectivity index (χ3v) is 13.9. The minimum absolute atomic E-state index is 0.00795. The van der Waals surface area contributed by atoms with Crippen molar-refractivity contribution in [3.05, 3.63) is 75.5 Å². The number of rotatable bonds is 9. The van der Waals surface area contributed by atoms with E-state index in [1.165, 1.54) is 25.3 Å². The van der Waals surface area contributed by atoms with Gasteiger partial charge in [-0.25, -0.2) is 9.49 Å². The second-order valence-electron chi connectivity index (χ2n) is 17.0. The van der Waals surface area contributed by atoms with Gasteiger partial charge in [-0.1, -0.05) is 43.5 Å². The Morgan fingerprint density at radius 3 is 2.12 bits per heavy atom. The zero-order valence-electron chi connectivity index (χ0n) is 32.4. The van der Waals surface area contributed by atoms with E-state index in [4.69, 9.17) is 10.5 Å². The highest BCUT2D eigenvalue weighted by Crippen LogP contribution is 2.50. The van der Waals surface area contributed by atoms with Gasteiger partial charge in [-0.3, -0.25) is 24.1 Å². The Balaban J connectivity index is 0.795. The second-order valence-corrected chi connectivity index (χ2v) is 17.0. The van der Waals surface area contributed by atoms with Crippen LogP contribution in [0, 0.1) is 29.0 Å². The summed E-state index contributed by atoms with van der Waals surface area (Å²) in [5, 5.41) is 8.01. The average molecular weight is 770 g/mol. The lowest BCUT2D eigenvalue weighted by atomic mass is 9.59. The lowest BCUT2D eigenvalue weighted by Gasteiger charge is -2.56. The van der Waals surface area contributed by atoms with Gasteiger partial charge in [-0.15, -0.1) is 0 Å². The molecule has 1 saturated carbocycles. The first kappa shape index (κ1) is 38.7. The molecule has 1 atom stereocenters. The van der Waals surface area contributed by atoms with Gasteiger partial charge in [0.1, 0.15) is 5.82 Å². The number of piperidine rings is 2. The van der Waals surface area contributed by atoms with Crippen molar-refractivity contribution in [2.45, 2.75) is 70.3 Å². The first-order chi connectivity index (χ1) is 27.2. The molecule has 300 valence electrons. The fourth-order valence-corrected chi connectivity index (χ4v) is 10.4. The van der Waals surface area contributed by atoms with E-state index in [0.717, 1.165) is 77.9 Å². The van der Waals surface area contributed by atoms with Crippen LogP contribution >= 0.6 is 0 Å². The Kier molecular flexibility index (Phi) is 11.5. The Hall–Kier alpha value is -4.20. The highest BCUT2D eigenvalue weighted by atomic mass is 19.1. The maximum Gasteiger partial charge on any atom is 0.272 e. The minimum atomic E-state index is -0.592. The fraction of sp³-hybridized carbons (Fsp3) is 0.605. The van der Waals surface area contributed by atoms with E-state index in [2.05, 4.69) is 15.1 Å². The molecule has 8 rings (SSSR count). The standard InChI is InChI=1S/C43H56FN7O5/c44-36-11-10-29(25-37-33-8-4-5-9-34(33)40(53)47-46-37)24-35(36)41(54)51-22-20-49(21-23-51)38(52)26-48-16-12-31(13-17-48)43(27-56-28-43)32-14-18-50(19-15-32)42(55)39(45)30-6-2-1-3-7-30/h4-5,8-11,24,30-32,39H,1-3,6-7,12-23,25-28,45H2,(H,47,53)/t39-/m1/s1. The molecule has 2 aromatic carbocycles. The van der Waals surface area contributed by atoms with Crippen LogP contribution in [0.3, 0.4) is 0 Å². The molecule has 1 aromatic heterocycles. The SMILES string of the molecule is N[C@@H](C(=O)N1CCC(C2(C3CCN(CC(=O)N4CCN(C(=O)c5cc(Cc6n[nH]c(=O)c7ccccc67)ccc5F)CC4)CC3)COC2)CC1)C1CCCCC1. The first-order valence-electron chi connectivity index (χ1n) is 20.9. The van der Waals surface area contributed by atoms with Gasteiger partial charge in [0.25, 0.3) is 11.5 Å². The van der Waals surface area contributed by atoms with Crippen LogP contribution < -0.4 is 11.3 Å². The first-order valence-corrected chi connectivity index (χ1v) is 20.9. The number of H-pyrrole nitrogens is 1. The number of aromatic amines is 1. The molecule has 3 aromatic rings. The van der Waals surface area contributed by atoms with E-state index in [-0.39, 0.29) is 34.4 Å². The number of nitrogens with zero attached hydrogens (tertiary/aromatic N) is 5. The van der Waals surface area contributed by atoms with Crippen molar-refractivity contribution in [2.24, 2.45) is 28.9 Å². The zero-order chi connectivity index (χ0) is 38.8. The molecule has 4 aliphatic heterocycles. The third kappa shape index (κ3) is 7.86. The molecule has 5 heterocycles. The summed E-state index contributed by atoms with van der Waals surface area (Å²) in [7, 11) is 0. The van der Waals surface area contributed by atoms with Gasteiger partial charge >= 0.3 is 0 Å². The molecule has 12 nitrogen and oxygen atoms in total. The van der Waals surface area contributed by atoms with E-state index in [9.17, 15) is 19.2 Å². The van der Waals surface area contributed by atoms with Crippen molar-refractivity contribution >= 4 is 28.5 Å². The number of nitrogens with two attached hydrogens (primary N) is 1. The van der Waals surface area contributed by atoms with Crippen molar-refractivity contribution in [3.63, 3.8) is 0 Å². The minimum Gasteiger partial charge on any atom is -0.380 e. The summed E-state index contributed by atoms with van der Waals surface area (Å²) in [5.41, 5.74) is 7.72. The number of nitrogens with one attached hydrogen (secondary N) is 1. The summed E-state index contributed by atoms with van der Waals surface area (Å²) >= 11 is 0. The van der Waals surface area contributed by atoms with Gasteiger partial charge in [-0.2, -0.15) is 5.10 Å². The molecular formula is C43H56FN7O5. The van der Waals surface area contributed by atoms with Gasteiger partial charge in [0, 0.05) is 56.5 Å². The summed E-state index contributed by atoms with van der Waals surface area (Å²) < 4.78 is 20.9. The zero-order valence-corrected chi connectivity index (χ0v) is 32.4. The number of ether oxygens (including phenoxy) is 1. The summed E-state index contributed by atoms with van der Waals surface area (Å²) in [6.07, 6.45) is 10.2. The van der Waals surface area contributed by atoms with Crippen LogP contribution in [0.2, 0.25) is 0 Å². The number of benzene rings is 2. The number of amides is 3. The molecule has 3 amide bonds. The van der Waals surface area contributed by atoms with Gasteiger partial charge in [0.15, 0.2) is 0 Å². The highest BCUT2D eigenvalue weighted by Gasteiger charge is 2.52. The number of carbonyl (C=O) groups is 3. The number of piperazine rings is 1. The van der Waals surface area contributed by atoms with Crippen molar-refractivity contribution in [1.82, 2.24) is 29.8 Å². The molecule has 0 unspecified atom stereocenters. The molecular weight excluding hydrogens is 714 g/mol. The predicted molar refractivity (Wildman–Crippen MR) is 210 cm³/mol. The molecule has 0 spiro atoms. The summed E-state index contributed by atoms with van der Waals surface area (Å²) in [6, 6.07) is 11.3. The quantitative estimate of drug-likeness (QED) is 0.335. The topological polar surface area (TPSA) is 145 Å². The molecule has 13 heteroatoms. The van der Waals surface area contributed by atoms with Crippen molar-refractivity contribution < 1.29 is 23.5 Å². The maximum atomic E-state index is 15.0. The fourth-order valence-electron chi connectivity index (χ4n) is 10.4. The highest BCUT2D eigenvalue weighted by molar-refractivity contribution is 5.95. The summed E-state index contributed by atoms with van der Waals surface area (Å²) in [5.74, 6) is 0.624. The van der Waals surface area contributed by atoms with Gasteiger partial charge in [0.2, 0.25) is 11.8 Å². The molecule has 5 fully saturated rings. The van der Waals surface area contributed by atoms with Gasteiger partial charge in [0.05, 0.1) is 42.4 Å². The monoisotopic (exact) mass is 769 g/mol. The maximum absolute atomic E-state index is 15.0. The molecule has 1 aliphatic carbocycles. The second kappa shape index (κ2) is 16.7.